The first-order valence-corrected chi connectivity index (χ1v) is 13.7. The summed E-state index contributed by atoms with van der Waals surface area (Å²) in [5.74, 6) is 0. The summed E-state index contributed by atoms with van der Waals surface area (Å²) in [7, 11) is 2.49. The highest BCUT2D eigenvalue weighted by atomic mass is 79.9. The lowest BCUT2D eigenvalue weighted by molar-refractivity contribution is 0.114. The van der Waals surface area contributed by atoms with Gasteiger partial charge >= 0.3 is 0 Å². The number of nitriles is 1. The number of rotatable bonds is 9. The molecular formula is C20H30BrN2O2PS2. The van der Waals surface area contributed by atoms with Crippen LogP contribution in [0.25, 0.3) is 0 Å². The van der Waals surface area contributed by atoms with E-state index in [0.717, 1.165) is 4.47 Å². The van der Waals surface area contributed by atoms with Crippen LogP contribution in [0.4, 0.5) is 0 Å². The molecule has 0 aliphatic carbocycles. The molecule has 0 N–H and O–H groups in total. The largest absolute Gasteiger partial charge is 0.321 e. The maximum atomic E-state index is 8.93. The zero-order valence-corrected chi connectivity index (χ0v) is 21.5. The molecule has 2 rings (SSSR count). The first kappa shape index (κ1) is 24.5. The van der Waals surface area contributed by atoms with Crippen molar-refractivity contribution < 1.29 is 9.05 Å². The summed E-state index contributed by atoms with van der Waals surface area (Å²) in [5.41, 5.74) is 1.27. The van der Waals surface area contributed by atoms with Crippen LogP contribution >= 0.6 is 46.0 Å². The van der Waals surface area contributed by atoms with Gasteiger partial charge in [0, 0.05) is 21.3 Å². The Bertz CT molecular complexity index is 659. The third-order valence-corrected chi connectivity index (χ3v) is 10.7. The van der Waals surface area contributed by atoms with Gasteiger partial charge in [-0.1, -0.05) is 49.7 Å². The van der Waals surface area contributed by atoms with Crippen LogP contribution in [0.1, 0.15) is 58.8 Å². The van der Waals surface area contributed by atoms with E-state index in [0.29, 0.717) is 25.1 Å². The molecule has 4 nitrogen and oxygen atoms in total. The topological polar surface area (TPSA) is 45.5 Å². The Morgan fingerprint density at radius 1 is 1.21 bits per heavy atom. The zero-order chi connectivity index (χ0) is 20.9. The quantitative estimate of drug-likeness (QED) is 0.199. The highest BCUT2D eigenvalue weighted by Crippen LogP contribution is 2.63. The highest BCUT2D eigenvalue weighted by Gasteiger charge is 2.48. The molecule has 1 heterocycles. The molecule has 0 amide bonds. The van der Waals surface area contributed by atoms with Crippen LogP contribution in [-0.2, 0) is 9.05 Å². The molecule has 28 heavy (non-hydrogen) atoms. The van der Waals surface area contributed by atoms with Crippen molar-refractivity contribution in [2.24, 2.45) is 0 Å². The number of nitrogens with zero attached hydrogens (tertiary/aromatic N) is 2. The van der Waals surface area contributed by atoms with Crippen LogP contribution in [0.2, 0.25) is 0 Å². The van der Waals surface area contributed by atoms with Gasteiger partial charge in [0.1, 0.15) is 0 Å². The van der Waals surface area contributed by atoms with Crippen LogP contribution in [0.5, 0.6) is 0 Å². The fourth-order valence-corrected chi connectivity index (χ4v) is 8.85. The second-order valence-electron chi connectivity index (χ2n) is 7.83. The molecule has 1 aliphatic rings. The minimum atomic E-state index is -1.26. The van der Waals surface area contributed by atoms with Crippen molar-refractivity contribution in [2.45, 2.75) is 76.1 Å². The Morgan fingerprint density at radius 2 is 1.82 bits per heavy atom. The number of benzene rings is 1. The van der Waals surface area contributed by atoms with Gasteiger partial charge in [0.05, 0.1) is 30.5 Å². The summed E-state index contributed by atoms with van der Waals surface area (Å²) in [4.78, 5) is 0. The number of hydrogen-bond donors (Lipinski definition) is 0. The van der Waals surface area contributed by atoms with Crippen LogP contribution in [0.15, 0.2) is 28.7 Å². The van der Waals surface area contributed by atoms with Crippen molar-refractivity contribution in [2.75, 3.05) is 6.61 Å². The van der Waals surface area contributed by atoms with E-state index in [9.17, 15) is 0 Å². The smallest absolute Gasteiger partial charge is 0.259 e. The fraction of sp³-hybridized carbons (Fsp3) is 0.650. The van der Waals surface area contributed by atoms with Gasteiger partial charge in [0.15, 0.2) is 0 Å². The normalized spacial score (nSPS) is 22.8. The Kier molecular flexibility index (Phi) is 9.61. The van der Waals surface area contributed by atoms with Crippen LogP contribution < -0.4 is 0 Å². The molecule has 3 atom stereocenters. The summed E-state index contributed by atoms with van der Waals surface area (Å²) >= 11 is 3.52. The molecule has 0 aromatic heterocycles. The third kappa shape index (κ3) is 6.35. The molecule has 156 valence electrons. The molecule has 0 radical (unpaired) electrons. The molecule has 0 spiro atoms. The van der Waals surface area contributed by atoms with Gasteiger partial charge in [-0.3, -0.25) is 0 Å². The Hall–Kier alpha value is 0.200. The summed E-state index contributed by atoms with van der Waals surface area (Å²) in [6, 6.07) is 11.3. The van der Waals surface area contributed by atoms with Gasteiger partial charge in [-0.2, -0.15) is 5.26 Å². The van der Waals surface area contributed by atoms with E-state index in [4.69, 9.17) is 14.3 Å². The lowest BCUT2D eigenvalue weighted by Crippen LogP contribution is -2.39. The van der Waals surface area contributed by atoms with Gasteiger partial charge in [0.2, 0.25) is 0 Å². The molecule has 1 aliphatic heterocycles. The lowest BCUT2D eigenvalue weighted by Gasteiger charge is -2.39. The van der Waals surface area contributed by atoms with Gasteiger partial charge < -0.3 is 9.05 Å². The van der Waals surface area contributed by atoms with Gasteiger partial charge in [-0.05, 0) is 59.2 Å². The average Bonchev–Trinajstić information content (AvgIpc) is 2.90. The Labute approximate surface area is 187 Å². The van der Waals surface area contributed by atoms with E-state index in [1.807, 2.05) is 21.6 Å². The molecule has 1 unspecified atom stereocenters. The first-order chi connectivity index (χ1) is 13.2. The fourth-order valence-electron chi connectivity index (χ4n) is 3.09. The monoisotopic (exact) mass is 504 g/mol. The van der Waals surface area contributed by atoms with Gasteiger partial charge in [-0.15, -0.1) is 0 Å². The SMILES string of the molecule is CC(C)N(C(C)C)P(OCCC#N)O[C@@H]1[C@@H](c2ccc(Br)cc2)SSC1(C)C. The highest BCUT2D eigenvalue weighted by molar-refractivity contribution is 9.10. The van der Waals surface area contributed by atoms with Crippen molar-refractivity contribution in [1.29, 1.82) is 5.26 Å². The minimum absolute atomic E-state index is 0.0110. The zero-order valence-electron chi connectivity index (χ0n) is 17.4. The first-order valence-electron chi connectivity index (χ1n) is 9.52. The predicted octanol–water partition coefficient (Wildman–Crippen LogP) is 7.32. The number of hydrogen-bond acceptors (Lipinski definition) is 6. The van der Waals surface area contributed by atoms with Crippen molar-refractivity contribution >= 4 is 46.0 Å². The van der Waals surface area contributed by atoms with E-state index in [-0.39, 0.29) is 16.1 Å². The van der Waals surface area contributed by atoms with Crippen molar-refractivity contribution in [3.63, 3.8) is 0 Å². The maximum Gasteiger partial charge on any atom is 0.259 e. The minimum Gasteiger partial charge on any atom is -0.321 e. The molecule has 0 bridgehead atoms. The summed E-state index contributed by atoms with van der Waals surface area (Å²) in [6.45, 7) is 13.6. The number of halogens is 1. The molecule has 1 saturated heterocycles. The van der Waals surface area contributed by atoms with Crippen molar-refractivity contribution in [3.05, 3.63) is 34.3 Å². The van der Waals surface area contributed by atoms with E-state index >= 15 is 0 Å². The molecule has 1 aromatic rings. The molecule has 1 fully saturated rings. The van der Waals surface area contributed by atoms with E-state index < -0.39 is 8.53 Å². The van der Waals surface area contributed by atoms with E-state index in [1.54, 1.807) is 0 Å². The van der Waals surface area contributed by atoms with Crippen molar-refractivity contribution in [3.8, 4) is 6.07 Å². The molecule has 0 saturated carbocycles. The van der Waals surface area contributed by atoms with Gasteiger partial charge in [0.25, 0.3) is 8.53 Å². The Balaban J connectivity index is 2.28. The third-order valence-electron chi connectivity index (χ3n) is 4.39. The molecule has 8 heteroatoms. The average molecular weight is 505 g/mol. The van der Waals surface area contributed by atoms with E-state index in [1.165, 1.54) is 5.56 Å². The summed E-state index contributed by atoms with van der Waals surface area (Å²) in [6.07, 6.45) is 0.386. The lowest BCUT2D eigenvalue weighted by atomic mass is 9.98. The van der Waals surface area contributed by atoms with Crippen LogP contribution in [-0.4, -0.2) is 34.2 Å². The second-order valence-corrected chi connectivity index (χ2v) is 13.1. The van der Waals surface area contributed by atoms with Crippen LogP contribution in [0, 0.1) is 11.3 Å². The molecule has 1 aromatic carbocycles. The predicted molar refractivity (Wildman–Crippen MR) is 126 cm³/mol. The molecular weight excluding hydrogens is 475 g/mol. The van der Waals surface area contributed by atoms with Crippen LogP contribution in [0.3, 0.4) is 0 Å². The summed E-state index contributed by atoms with van der Waals surface area (Å²) < 4.78 is 16.2. The Morgan fingerprint density at radius 3 is 2.36 bits per heavy atom. The van der Waals surface area contributed by atoms with E-state index in [2.05, 4.69) is 92.5 Å². The maximum absolute atomic E-state index is 8.93. The standard InChI is InChI=1S/C20H30BrN2O2PS2/c1-14(2)23(15(3)4)26(24-13-7-12-22)25-19-18(27-28-20(19,5)6)16-8-10-17(21)11-9-16/h8-11,14-15,18-19H,7,13H2,1-6H3/t18-,19-,26?/m1/s1. The van der Waals surface area contributed by atoms with Gasteiger partial charge in [-0.25, -0.2) is 4.67 Å². The summed E-state index contributed by atoms with van der Waals surface area (Å²) in [5, 5.41) is 9.16. The second kappa shape index (κ2) is 11.0. The van der Waals surface area contributed by atoms with Crippen molar-refractivity contribution in [1.82, 2.24) is 4.67 Å².